The lowest BCUT2D eigenvalue weighted by atomic mass is 9.90. The minimum absolute atomic E-state index is 0.171. The second-order valence-corrected chi connectivity index (χ2v) is 9.41. The molecule has 30 heavy (non-hydrogen) atoms. The van der Waals surface area contributed by atoms with Crippen LogP contribution in [0.4, 0.5) is 0 Å². The number of hydrogen-bond acceptors (Lipinski definition) is 4. The summed E-state index contributed by atoms with van der Waals surface area (Å²) in [4.78, 5) is 14.2. The molecule has 3 aliphatic rings. The van der Waals surface area contributed by atoms with Crippen LogP contribution in [0.25, 0.3) is 0 Å². The van der Waals surface area contributed by atoms with Crippen LogP contribution in [-0.4, -0.2) is 59.5 Å². The summed E-state index contributed by atoms with van der Waals surface area (Å²) in [5.74, 6) is 1.49. The molecule has 0 radical (unpaired) electrons. The van der Waals surface area contributed by atoms with Crippen LogP contribution < -0.4 is 0 Å². The molecule has 0 bridgehead atoms. The molecule has 0 spiro atoms. The zero-order valence-corrected chi connectivity index (χ0v) is 18.7. The van der Waals surface area contributed by atoms with Crippen LogP contribution in [-0.2, 0) is 9.53 Å². The van der Waals surface area contributed by atoms with E-state index in [0.717, 1.165) is 70.9 Å². The zero-order chi connectivity index (χ0) is 21.3. The summed E-state index contributed by atoms with van der Waals surface area (Å²) in [6.07, 6.45) is 15.4. The molecular weight excluding hydrogens is 378 g/mol. The molecule has 0 aromatic heterocycles. The van der Waals surface area contributed by atoms with Crippen molar-refractivity contribution in [3.63, 3.8) is 0 Å². The first-order valence-electron chi connectivity index (χ1n) is 12.2. The van der Waals surface area contributed by atoms with E-state index in [0.29, 0.717) is 31.5 Å². The molecule has 5 atom stereocenters. The van der Waals surface area contributed by atoms with Crippen molar-refractivity contribution in [2.75, 3.05) is 26.3 Å². The van der Waals surface area contributed by atoms with Crippen molar-refractivity contribution in [3.05, 3.63) is 23.8 Å². The van der Waals surface area contributed by atoms with Crippen molar-refractivity contribution in [1.29, 1.82) is 0 Å². The van der Waals surface area contributed by atoms with Gasteiger partial charge in [-0.05, 0) is 50.4 Å². The Morgan fingerprint density at radius 2 is 2.03 bits per heavy atom. The number of unbranched alkanes of at least 4 members (excludes halogenated alkanes) is 3. The van der Waals surface area contributed by atoms with E-state index in [1.165, 1.54) is 5.57 Å². The van der Waals surface area contributed by atoms with Gasteiger partial charge < -0.3 is 19.8 Å². The molecule has 3 fully saturated rings. The highest BCUT2D eigenvalue weighted by atomic mass is 16.5. The number of hydrogen-bond donors (Lipinski definition) is 2. The van der Waals surface area contributed by atoms with Gasteiger partial charge in [-0.15, -0.1) is 0 Å². The number of allylic oxidation sites excluding steroid dienone is 2. The second-order valence-electron chi connectivity index (χ2n) is 9.41. The Kier molecular flexibility index (Phi) is 9.41. The van der Waals surface area contributed by atoms with Crippen molar-refractivity contribution in [2.24, 2.45) is 17.8 Å². The Bertz CT molecular complexity index is 596. The predicted molar refractivity (Wildman–Crippen MR) is 119 cm³/mol. The van der Waals surface area contributed by atoms with Gasteiger partial charge in [0.15, 0.2) is 0 Å². The van der Waals surface area contributed by atoms with Gasteiger partial charge in [0.25, 0.3) is 0 Å². The molecule has 1 aliphatic heterocycles. The summed E-state index contributed by atoms with van der Waals surface area (Å²) in [5.41, 5.74) is 1.50. The average Bonchev–Trinajstić information content (AvgIpc) is 3.26. The van der Waals surface area contributed by atoms with Crippen LogP contribution in [0.15, 0.2) is 23.8 Å². The van der Waals surface area contributed by atoms with E-state index in [9.17, 15) is 15.0 Å². The van der Waals surface area contributed by atoms with Crippen molar-refractivity contribution >= 4 is 5.91 Å². The maximum absolute atomic E-state index is 12.2. The van der Waals surface area contributed by atoms with E-state index in [2.05, 4.69) is 19.1 Å². The minimum Gasteiger partial charge on any atom is -0.392 e. The number of rotatable bonds is 10. The number of carbonyl (C=O) groups is 1. The fourth-order valence-corrected chi connectivity index (χ4v) is 5.43. The van der Waals surface area contributed by atoms with Crippen LogP contribution in [0.3, 0.4) is 0 Å². The Balaban J connectivity index is 1.41. The highest BCUT2D eigenvalue weighted by Crippen LogP contribution is 2.50. The third-order valence-electron chi connectivity index (χ3n) is 7.16. The summed E-state index contributed by atoms with van der Waals surface area (Å²) < 4.78 is 5.31. The molecule has 0 unspecified atom stereocenters. The summed E-state index contributed by atoms with van der Waals surface area (Å²) in [7, 11) is 0. The highest BCUT2D eigenvalue weighted by Gasteiger charge is 2.44. The maximum Gasteiger partial charge on any atom is 0.222 e. The second kappa shape index (κ2) is 12.0. The number of aliphatic hydroxyl groups is 2. The molecule has 3 rings (SSSR count). The largest absolute Gasteiger partial charge is 0.392 e. The van der Waals surface area contributed by atoms with E-state index in [1.54, 1.807) is 0 Å². The van der Waals surface area contributed by atoms with E-state index < -0.39 is 0 Å². The van der Waals surface area contributed by atoms with Crippen molar-refractivity contribution in [1.82, 2.24) is 4.90 Å². The van der Waals surface area contributed by atoms with Gasteiger partial charge in [0, 0.05) is 25.4 Å². The van der Waals surface area contributed by atoms with Crippen LogP contribution in [0.5, 0.6) is 0 Å². The summed E-state index contributed by atoms with van der Waals surface area (Å²) in [6.45, 7) is 4.96. The maximum atomic E-state index is 12.2. The number of aliphatic hydroxyl groups excluding tert-OH is 2. The van der Waals surface area contributed by atoms with E-state index in [4.69, 9.17) is 4.74 Å². The fourth-order valence-electron chi connectivity index (χ4n) is 5.43. The van der Waals surface area contributed by atoms with Gasteiger partial charge >= 0.3 is 0 Å². The van der Waals surface area contributed by atoms with Gasteiger partial charge in [-0.3, -0.25) is 4.79 Å². The first-order valence-corrected chi connectivity index (χ1v) is 12.2. The quantitative estimate of drug-likeness (QED) is 0.417. The third-order valence-corrected chi connectivity index (χ3v) is 7.16. The van der Waals surface area contributed by atoms with E-state index in [-0.39, 0.29) is 24.0 Å². The van der Waals surface area contributed by atoms with Crippen molar-refractivity contribution in [3.8, 4) is 0 Å². The molecule has 1 saturated heterocycles. The summed E-state index contributed by atoms with van der Waals surface area (Å²) >= 11 is 0. The molecule has 5 heteroatoms. The number of carbonyl (C=O) groups excluding carboxylic acids is 1. The summed E-state index contributed by atoms with van der Waals surface area (Å²) in [5, 5.41) is 20.7. The molecule has 0 aromatic carbocycles. The molecule has 170 valence electrons. The molecule has 2 N–H and O–H groups in total. The topological polar surface area (TPSA) is 70.0 Å². The molecule has 2 aliphatic carbocycles. The molecule has 5 nitrogen and oxygen atoms in total. The van der Waals surface area contributed by atoms with E-state index >= 15 is 0 Å². The Labute approximate surface area is 182 Å². The van der Waals surface area contributed by atoms with Crippen molar-refractivity contribution in [2.45, 2.75) is 83.3 Å². The van der Waals surface area contributed by atoms with Gasteiger partial charge in [0.05, 0.1) is 25.4 Å². The van der Waals surface area contributed by atoms with Gasteiger partial charge in [-0.2, -0.15) is 0 Å². The smallest absolute Gasteiger partial charge is 0.222 e. The highest BCUT2D eigenvalue weighted by molar-refractivity contribution is 5.76. The van der Waals surface area contributed by atoms with Crippen molar-refractivity contribution < 1.29 is 19.7 Å². The standard InChI is InChI=1S/C25H41NO4/c1-2-3-4-8-21(27)10-11-22-23-17-19(16-20(23)18-24(22)28)7-5-6-9-25(29)26-12-14-30-15-13-26/h7,10-11,20-24,27-28H,2-6,8-9,12-18H2,1H3/b11-10+,19-7+/t20-,21-,22+,23-,24+/m0/s1. The molecule has 1 heterocycles. The minimum atomic E-state index is -0.386. The number of nitrogens with zero attached hydrogens (tertiary/aromatic N) is 1. The lowest BCUT2D eigenvalue weighted by molar-refractivity contribution is -0.135. The Morgan fingerprint density at radius 3 is 2.80 bits per heavy atom. The number of morpholine rings is 1. The molecular formula is C25H41NO4. The Morgan fingerprint density at radius 1 is 1.23 bits per heavy atom. The lowest BCUT2D eigenvalue weighted by Gasteiger charge is -2.26. The van der Waals surface area contributed by atoms with Gasteiger partial charge in [-0.25, -0.2) is 0 Å². The lowest BCUT2D eigenvalue weighted by Crippen LogP contribution is -2.40. The number of fused-ring (bicyclic) bond motifs is 1. The number of amides is 1. The normalized spacial score (nSPS) is 31.6. The summed E-state index contributed by atoms with van der Waals surface area (Å²) in [6, 6.07) is 0. The fraction of sp³-hybridized carbons (Fsp3) is 0.800. The number of ether oxygens (including phenoxy) is 1. The molecule has 2 saturated carbocycles. The monoisotopic (exact) mass is 419 g/mol. The van der Waals surface area contributed by atoms with Crippen LogP contribution in [0.2, 0.25) is 0 Å². The van der Waals surface area contributed by atoms with Crippen LogP contribution in [0, 0.1) is 17.8 Å². The predicted octanol–water partition coefficient (Wildman–Crippen LogP) is 3.85. The first kappa shape index (κ1) is 23.5. The van der Waals surface area contributed by atoms with Gasteiger partial charge in [-0.1, -0.05) is 50.0 Å². The van der Waals surface area contributed by atoms with Crippen LogP contribution >= 0.6 is 0 Å². The zero-order valence-electron chi connectivity index (χ0n) is 18.7. The third kappa shape index (κ3) is 6.66. The van der Waals surface area contributed by atoms with E-state index in [1.807, 2.05) is 11.0 Å². The molecule has 0 aromatic rings. The first-order chi connectivity index (χ1) is 14.6. The average molecular weight is 420 g/mol. The van der Waals surface area contributed by atoms with Crippen LogP contribution in [0.1, 0.15) is 71.1 Å². The van der Waals surface area contributed by atoms with Gasteiger partial charge in [0.1, 0.15) is 0 Å². The Hall–Kier alpha value is -1.17. The van der Waals surface area contributed by atoms with Gasteiger partial charge in [0.2, 0.25) is 5.91 Å². The molecule has 1 amide bonds. The SMILES string of the molecule is CCCCC[C@H](O)/C=C/[C@@H]1[C@H]2C/C(=C/CCCC(=O)N3CCOCC3)C[C@H]2C[C@H]1O.